The molecule has 0 spiro atoms. The third-order valence-electron chi connectivity index (χ3n) is 2.56. The molecule has 1 heterocycles. The number of amides is 1. The van der Waals surface area contributed by atoms with Gasteiger partial charge in [0.15, 0.2) is 19.0 Å². The molecule has 1 amide bonds. The van der Waals surface area contributed by atoms with Crippen LogP contribution in [0.15, 0.2) is 18.2 Å². The van der Waals surface area contributed by atoms with Gasteiger partial charge in [-0.25, -0.2) is 4.79 Å². The molecule has 0 saturated heterocycles. The summed E-state index contributed by atoms with van der Waals surface area (Å²) >= 11 is 0. The maximum atomic E-state index is 11.8. The van der Waals surface area contributed by atoms with E-state index in [1.54, 1.807) is 12.1 Å². The Labute approximate surface area is 114 Å². The highest BCUT2D eigenvalue weighted by molar-refractivity contribution is 6.01. The predicted octanol–water partition coefficient (Wildman–Crippen LogP) is 0.390. The van der Waals surface area contributed by atoms with E-state index in [9.17, 15) is 14.4 Å². The van der Waals surface area contributed by atoms with Gasteiger partial charge in [0.2, 0.25) is 0 Å². The second-order valence-corrected chi connectivity index (χ2v) is 4.06. The van der Waals surface area contributed by atoms with Gasteiger partial charge in [0, 0.05) is 12.7 Å². The number of nitrogens with one attached hydrogen (secondary N) is 1. The molecule has 0 unspecified atom stereocenters. The van der Waals surface area contributed by atoms with Crippen molar-refractivity contribution in [3.63, 3.8) is 0 Å². The van der Waals surface area contributed by atoms with Crippen molar-refractivity contribution in [2.75, 3.05) is 32.2 Å². The number of esters is 1. The van der Waals surface area contributed by atoms with Gasteiger partial charge in [-0.2, -0.15) is 0 Å². The van der Waals surface area contributed by atoms with E-state index in [-0.39, 0.29) is 31.5 Å². The Bertz CT molecular complexity index is 554. The summed E-state index contributed by atoms with van der Waals surface area (Å²) in [5.74, 6) is -0.779. The molecule has 1 aliphatic heterocycles. The van der Waals surface area contributed by atoms with Crippen molar-refractivity contribution in [2.45, 2.75) is 0 Å². The zero-order valence-corrected chi connectivity index (χ0v) is 10.8. The van der Waals surface area contributed by atoms with Gasteiger partial charge in [-0.05, 0) is 18.2 Å². The summed E-state index contributed by atoms with van der Waals surface area (Å²) in [7, 11) is 1.36. The second kappa shape index (κ2) is 6.16. The standard InChI is InChI=1S/C13H13NO6/c1-18-7-13(17)20-5-10(15)8-2-3-11-9(4-8)14-12(16)6-19-11/h2-4H,5-7H2,1H3,(H,14,16). The number of benzene rings is 1. The van der Waals surface area contributed by atoms with Crippen LogP contribution in [0.25, 0.3) is 0 Å². The molecule has 1 aliphatic rings. The highest BCUT2D eigenvalue weighted by Crippen LogP contribution is 2.28. The Kier molecular flexibility index (Phi) is 4.31. The molecule has 1 aromatic carbocycles. The van der Waals surface area contributed by atoms with Gasteiger partial charge in [0.05, 0.1) is 5.69 Å². The maximum Gasteiger partial charge on any atom is 0.332 e. The number of carbonyl (C=O) groups excluding carboxylic acids is 3. The topological polar surface area (TPSA) is 90.9 Å². The number of methoxy groups -OCH3 is 1. The minimum absolute atomic E-state index is 0.0467. The normalized spacial score (nSPS) is 12.9. The van der Waals surface area contributed by atoms with E-state index in [4.69, 9.17) is 9.47 Å². The molecule has 106 valence electrons. The SMILES string of the molecule is COCC(=O)OCC(=O)c1ccc2c(c1)NC(=O)CO2. The Morgan fingerprint density at radius 3 is 2.90 bits per heavy atom. The summed E-state index contributed by atoms with van der Waals surface area (Å²) in [5.41, 5.74) is 0.745. The van der Waals surface area contributed by atoms with Crippen LogP contribution in [0.4, 0.5) is 5.69 Å². The molecule has 0 atom stereocenters. The monoisotopic (exact) mass is 279 g/mol. The number of ether oxygens (including phenoxy) is 3. The molecular formula is C13H13NO6. The number of fused-ring (bicyclic) bond motifs is 1. The van der Waals surface area contributed by atoms with Gasteiger partial charge in [0.1, 0.15) is 12.4 Å². The molecule has 1 aromatic rings. The Morgan fingerprint density at radius 2 is 2.15 bits per heavy atom. The lowest BCUT2D eigenvalue weighted by atomic mass is 10.1. The summed E-state index contributed by atoms with van der Waals surface area (Å²) in [6, 6.07) is 4.61. The highest BCUT2D eigenvalue weighted by atomic mass is 16.6. The summed E-state index contributed by atoms with van der Waals surface area (Å²) in [4.78, 5) is 34.1. The van der Waals surface area contributed by atoms with E-state index >= 15 is 0 Å². The number of anilines is 1. The van der Waals surface area contributed by atoms with Gasteiger partial charge in [0.25, 0.3) is 5.91 Å². The number of hydrogen-bond acceptors (Lipinski definition) is 6. The molecule has 7 nitrogen and oxygen atoms in total. The van der Waals surface area contributed by atoms with Crippen molar-refractivity contribution < 1.29 is 28.6 Å². The van der Waals surface area contributed by atoms with Gasteiger partial charge in [-0.15, -0.1) is 0 Å². The van der Waals surface area contributed by atoms with Crippen molar-refractivity contribution in [3.05, 3.63) is 23.8 Å². The van der Waals surface area contributed by atoms with E-state index in [0.717, 1.165) is 0 Å². The van der Waals surface area contributed by atoms with Crippen LogP contribution in [0.2, 0.25) is 0 Å². The van der Waals surface area contributed by atoms with Crippen molar-refractivity contribution in [3.8, 4) is 5.75 Å². The molecule has 1 N–H and O–H groups in total. The van der Waals surface area contributed by atoms with Crippen LogP contribution < -0.4 is 10.1 Å². The molecular weight excluding hydrogens is 266 g/mol. The number of carbonyl (C=O) groups is 3. The largest absolute Gasteiger partial charge is 0.482 e. The zero-order chi connectivity index (χ0) is 14.5. The molecule has 0 aliphatic carbocycles. The first-order valence-electron chi connectivity index (χ1n) is 5.84. The quantitative estimate of drug-likeness (QED) is 0.619. The van der Waals surface area contributed by atoms with Crippen LogP contribution in [-0.2, 0) is 19.1 Å². The number of ketones is 1. The van der Waals surface area contributed by atoms with Crippen LogP contribution in [0.3, 0.4) is 0 Å². The molecule has 0 saturated carbocycles. The lowest BCUT2D eigenvalue weighted by Gasteiger charge is -2.18. The fraction of sp³-hybridized carbons (Fsp3) is 0.308. The summed E-state index contributed by atoms with van der Waals surface area (Å²) in [5, 5.41) is 2.60. The highest BCUT2D eigenvalue weighted by Gasteiger charge is 2.18. The van der Waals surface area contributed by atoms with Crippen LogP contribution >= 0.6 is 0 Å². The first kappa shape index (κ1) is 14.0. The maximum absolute atomic E-state index is 11.8. The molecule has 20 heavy (non-hydrogen) atoms. The summed E-state index contributed by atoms with van der Waals surface area (Å²) in [6.07, 6.45) is 0. The van der Waals surface area contributed by atoms with Crippen LogP contribution in [0.1, 0.15) is 10.4 Å². The summed E-state index contributed by atoms with van der Waals surface area (Å²) < 4.78 is 14.5. The Morgan fingerprint density at radius 1 is 1.35 bits per heavy atom. The third kappa shape index (κ3) is 3.33. The van der Waals surface area contributed by atoms with Gasteiger partial charge >= 0.3 is 5.97 Å². The van der Waals surface area contributed by atoms with E-state index in [0.29, 0.717) is 17.0 Å². The fourth-order valence-electron chi connectivity index (χ4n) is 1.65. The van der Waals surface area contributed by atoms with E-state index in [2.05, 4.69) is 10.1 Å². The van der Waals surface area contributed by atoms with Crippen molar-refractivity contribution >= 4 is 23.3 Å². The minimum atomic E-state index is -0.615. The molecule has 0 radical (unpaired) electrons. The third-order valence-corrected chi connectivity index (χ3v) is 2.56. The van der Waals surface area contributed by atoms with Crippen LogP contribution in [-0.4, -0.2) is 44.6 Å². The average molecular weight is 279 g/mol. The lowest BCUT2D eigenvalue weighted by molar-refractivity contribution is -0.146. The smallest absolute Gasteiger partial charge is 0.332 e. The molecule has 0 bridgehead atoms. The zero-order valence-electron chi connectivity index (χ0n) is 10.8. The minimum Gasteiger partial charge on any atom is -0.482 e. The van der Waals surface area contributed by atoms with E-state index < -0.39 is 5.97 Å². The Balaban J connectivity index is 2.02. The Hall–Kier alpha value is -2.41. The molecule has 7 heteroatoms. The molecule has 0 aromatic heterocycles. The first-order chi connectivity index (χ1) is 9.60. The van der Waals surface area contributed by atoms with E-state index in [1.165, 1.54) is 13.2 Å². The van der Waals surface area contributed by atoms with Crippen LogP contribution in [0, 0.1) is 0 Å². The average Bonchev–Trinajstić information content (AvgIpc) is 2.44. The number of Topliss-reactive ketones (excluding diaryl/α,β-unsaturated/α-hetero) is 1. The first-order valence-corrected chi connectivity index (χ1v) is 5.84. The van der Waals surface area contributed by atoms with E-state index in [1.807, 2.05) is 0 Å². The van der Waals surface area contributed by atoms with Gasteiger partial charge in [-0.3, -0.25) is 9.59 Å². The van der Waals surface area contributed by atoms with Gasteiger partial charge in [-0.1, -0.05) is 0 Å². The second-order valence-electron chi connectivity index (χ2n) is 4.06. The fourth-order valence-corrected chi connectivity index (χ4v) is 1.65. The molecule has 0 fully saturated rings. The molecule has 2 rings (SSSR count). The predicted molar refractivity (Wildman–Crippen MR) is 67.7 cm³/mol. The van der Waals surface area contributed by atoms with Crippen molar-refractivity contribution in [1.29, 1.82) is 0 Å². The van der Waals surface area contributed by atoms with Gasteiger partial charge < -0.3 is 19.5 Å². The van der Waals surface area contributed by atoms with Crippen LogP contribution in [0.5, 0.6) is 5.75 Å². The number of hydrogen-bond donors (Lipinski definition) is 1. The number of rotatable bonds is 5. The van der Waals surface area contributed by atoms with Crippen molar-refractivity contribution in [1.82, 2.24) is 0 Å². The summed E-state index contributed by atoms with van der Waals surface area (Å²) in [6.45, 7) is -0.633. The van der Waals surface area contributed by atoms with Crippen molar-refractivity contribution in [2.24, 2.45) is 0 Å². The lowest BCUT2D eigenvalue weighted by Crippen LogP contribution is -2.25.